The molecule has 1 atom stereocenters. The lowest BCUT2D eigenvalue weighted by Gasteiger charge is -2.14. The number of nitrogens with one attached hydrogen (secondary N) is 1. The molecule has 3 rings (SSSR count). The van der Waals surface area contributed by atoms with Gasteiger partial charge in [-0.05, 0) is 25.1 Å². The number of anilines is 2. The van der Waals surface area contributed by atoms with Crippen LogP contribution in [0.1, 0.15) is 16.6 Å². The van der Waals surface area contributed by atoms with Crippen molar-refractivity contribution in [3.63, 3.8) is 0 Å². The second-order valence-electron chi connectivity index (χ2n) is 5.81. The first-order valence-corrected chi connectivity index (χ1v) is 10.2. The maximum atomic E-state index is 12.3. The highest BCUT2D eigenvalue weighted by molar-refractivity contribution is 7.29. The number of hydrogen-bond donors (Lipinski definition) is 1. The van der Waals surface area contributed by atoms with Gasteiger partial charge in [-0.1, -0.05) is 40.6 Å². The summed E-state index contributed by atoms with van der Waals surface area (Å²) in [5.41, 5.74) is 0.356. The quantitative estimate of drug-likeness (QED) is 0.566. The van der Waals surface area contributed by atoms with Gasteiger partial charge in [-0.3, -0.25) is 4.79 Å². The van der Waals surface area contributed by atoms with Crippen molar-refractivity contribution >= 4 is 78.1 Å². The first-order chi connectivity index (χ1) is 12.8. The number of esters is 1. The molecular formula is C17H15Cl2N3O3S2. The van der Waals surface area contributed by atoms with E-state index in [-0.39, 0.29) is 5.02 Å². The third kappa shape index (κ3) is 4.35. The lowest BCUT2D eigenvalue weighted by molar-refractivity contribution is -0.123. The van der Waals surface area contributed by atoms with E-state index >= 15 is 0 Å². The van der Waals surface area contributed by atoms with E-state index in [9.17, 15) is 9.59 Å². The fourth-order valence-corrected chi connectivity index (χ4v) is 4.49. The normalized spacial score (nSPS) is 12.0. The number of aromatic nitrogens is 1. The highest BCUT2D eigenvalue weighted by Gasteiger charge is 2.22. The predicted molar refractivity (Wildman–Crippen MR) is 112 cm³/mol. The molecule has 2 heterocycles. The number of benzene rings is 1. The van der Waals surface area contributed by atoms with Gasteiger partial charge in [0.15, 0.2) is 11.2 Å². The number of thiazole rings is 1. The van der Waals surface area contributed by atoms with Crippen LogP contribution in [-0.4, -0.2) is 37.1 Å². The van der Waals surface area contributed by atoms with Crippen molar-refractivity contribution in [2.24, 2.45) is 0 Å². The number of ether oxygens (including phenoxy) is 1. The highest BCUT2D eigenvalue weighted by Crippen LogP contribution is 2.34. The number of thiophene rings is 1. The van der Waals surface area contributed by atoms with Crippen molar-refractivity contribution in [1.82, 2.24) is 4.98 Å². The van der Waals surface area contributed by atoms with Crippen molar-refractivity contribution in [3.05, 3.63) is 39.2 Å². The molecule has 142 valence electrons. The van der Waals surface area contributed by atoms with E-state index < -0.39 is 18.0 Å². The van der Waals surface area contributed by atoms with Gasteiger partial charge in [0.1, 0.15) is 9.71 Å². The Balaban J connectivity index is 1.66. The number of carbonyl (C=O) groups is 2. The average molecular weight is 444 g/mol. The number of rotatable bonds is 5. The molecule has 1 N–H and O–H groups in total. The molecule has 3 aromatic rings. The summed E-state index contributed by atoms with van der Waals surface area (Å²) in [6.07, 6.45) is -1.00. The molecule has 0 radical (unpaired) electrons. The molecule has 1 aromatic carbocycles. The summed E-state index contributed by atoms with van der Waals surface area (Å²) < 4.78 is 6.17. The molecule has 0 saturated carbocycles. The van der Waals surface area contributed by atoms with Gasteiger partial charge >= 0.3 is 5.97 Å². The van der Waals surface area contributed by atoms with Crippen LogP contribution in [-0.2, 0) is 9.53 Å². The summed E-state index contributed by atoms with van der Waals surface area (Å²) in [6.45, 7) is 1.49. The Kier molecular flexibility index (Phi) is 5.90. The molecule has 2 aromatic heterocycles. The molecule has 1 unspecified atom stereocenters. The Hall–Kier alpha value is -1.87. The number of amides is 1. The summed E-state index contributed by atoms with van der Waals surface area (Å²) in [4.78, 5) is 32.1. The molecule has 0 aliphatic carbocycles. The third-order valence-corrected chi connectivity index (χ3v) is 6.65. The van der Waals surface area contributed by atoms with Crippen LogP contribution in [0.3, 0.4) is 0 Å². The van der Waals surface area contributed by atoms with Crippen LogP contribution in [0.25, 0.3) is 9.53 Å². The van der Waals surface area contributed by atoms with Crippen LogP contribution in [0.2, 0.25) is 10.0 Å². The van der Waals surface area contributed by atoms with Gasteiger partial charge in [-0.15, -0.1) is 11.3 Å². The molecule has 0 spiro atoms. The Morgan fingerprint density at radius 3 is 2.67 bits per heavy atom. The van der Waals surface area contributed by atoms with E-state index in [0.29, 0.717) is 15.6 Å². The van der Waals surface area contributed by atoms with Gasteiger partial charge < -0.3 is 15.0 Å². The number of halogens is 2. The summed E-state index contributed by atoms with van der Waals surface area (Å²) in [6, 6.07) is 6.61. The standard InChI is InChI=1S/C17H15Cl2N3O3S2/c1-8(14(23)20-10-6-4-5-9(18)13(10)19)25-16(24)12-7-11-15(26-12)21-17(27-11)22(2)3/h4-8H,1-3H3,(H,20,23). The van der Waals surface area contributed by atoms with Crippen molar-refractivity contribution in [3.8, 4) is 0 Å². The van der Waals surface area contributed by atoms with Crippen LogP contribution < -0.4 is 10.2 Å². The SMILES string of the molecule is CC(OC(=O)c1cc2sc(N(C)C)nc2s1)C(=O)Nc1cccc(Cl)c1Cl. The lowest BCUT2D eigenvalue weighted by atomic mass is 10.3. The van der Waals surface area contributed by atoms with Crippen LogP contribution in [0.15, 0.2) is 24.3 Å². The molecule has 1 amide bonds. The fourth-order valence-electron chi connectivity index (χ4n) is 2.12. The van der Waals surface area contributed by atoms with Crippen molar-refractivity contribution in [1.29, 1.82) is 0 Å². The minimum Gasteiger partial charge on any atom is -0.448 e. The summed E-state index contributed by atoms with van der Waals surface area (Å²) in [7, 11) is 3.81. The maximum absolute atomic E-state index is 12.3. The highest BCUT2D eigenvalue weighted by atomic mass is 35.5. The molecule has 0 fully saturated rings. The first kappa shape index (κ1) is 19.9. The van der Waals surface area contributed by atoms with Crippen molar-refractivity contribution in [2.45, 2.75) is 13.0 Å². The van der Waals surface area contributed by atoms with Gasteiger partial charge in [0.2, 0.25) is 0 Å². The average Bonchev–Trinajstić information content (AvgIpc) is 3.18. The number of hydrogen-bond acceptors (Lipinski definition) is 7. The smallest absolute Gasteiger partial charge is 0.349 e. The van der Waals surface area contributed by atoms with E-state index in [1.807, 2.05) is 19.0 Å². The van der Waals surface area contributed by atoms with E-state index in [1.165, 1.54) is 29.6 Å². The van der Waals surface area contributed by atoms with Gasteiger partial charge in [0, 0.05) is 14.1 Å². The van der Waals surface area contributed by atoms with Gasteiger partial charge in [-0.25, -0.2) is 9.78 Å². The second kappa shape index (κ2) is 8.02. The molecule has 0 bridgehead atoms. The number of nitrogens with zero attached hydrogens (tertiary/aromatic N) is 2. The Morgan fingerprint density at radius 2 is 2.00 bits per heavy atom. The molecular weight excluding hydrogens is 429 g/mol. The molecule has 0 saturated heterocycles. The van der Waals surface area contributed by atoms with Crippen LogP contribution in [0.4, 0.5) is 10.8 Å². The third-order valence-electron chi connectivity index (χ3n) is 3.52. The van der Waals surface area contributed by atoms with Crippen molar-refractivity contribution < 1.29 is 14.3 Å². The lowest BCUT2D eigenvalue weighted by Crippen LogP contribution is -2.29. The monoisotopic (exact) mass is 443 g/mol. The summed E-state index contributed by atoms with van der Waals surface area (Å²) in [5, 5.41) is 4.02. The number of carbonyl (C=O) groups excluding carboxylic acids is 2. The van der Waals surface area contributed by atoms with E-state index in [1.54, 1.807) is 24.3 Å². The van der Waals surface area contributed by atoms with Gasteiger partial charge in [-0.2, -0.15) is 0 Å². The summed E-state index contributed by atoms with van der Waals surface area (Å²) >= 11 is 14.7. The number of fused-ring (bicyclic) bond motifs is 1. The molecule has 27 heavy (non-hydrogen) atoms. The van der Waals surface area contributed by atoms with E-state index in [2.05, 4.69) is 10.3 Å². The Labute approximate surface area is 173 Å². The van der Waals surface area contributed by atoms with E-state index in [0.717, 1.165) is 14.7 Å². The predicted octanol–water partition coefficient (Wildman–Crippen LogP) is 4.91. The summed E-state index contributed by atoms with van der Waals surface area (Å²) in [5.74, 6) is -1.07. The van der Waals surface area contributed by atoms with Gasteiger partial charge in [0.25, 0.3) is 5.91 Å². The second-order valence-corrected chi connectivity index (χ2v) is 8.63. The Morgan fingerprint density at radius 1 is 1.26 bits per heavy atom. The largest absolute Gasteiger partial charge is 0.448 e. The maximum Gasteiger partial charge on any atom is 0.349 e. The Bertz CT molecular complexity index is 985. The molecule has 6 nitrogen and oxygen atoms in total. The fraction of sp³-hybridized carbons (Fsp3) is 0.235. The topological polar surface area (TPSA) is 71.5 Å². The first-order valence-electron chi connectivity index (χ1n) is 7.80. The minimum atomic E-state index is -1.00. The zero-order valence-corrected chi connectivity index (χ0v) is 17.7. The molecule has 0 aliphatic heterocycles. The minimum absolute atomic E-state index is 0.229. The van der Waals surface area contributed by atoms with Gasteiger partial charge in [0.05, 0.1) is 20.4 Å². The molecule has 10 heteroatoms. The van der Waals surface area contributed by atoms with Crippen LogP contribution in [0, 0.1) is 0 Å². The van der Waals surface area contributed by atoms with Crippen LogP contribution in [0.5, 0.6) is 0 Å². The van der Waals surface area contributed by atoms with Crippen molar-refractivity contribution in [2.75, 3.05) is 24.3 Å². The van der Waals surface area contributed by atoms with Crippen LogP contribution >= 0.6 is 45.9 Å². The van der Waals surface area contributed by atoms with E-state index in [4.69, 9.17) is 27.9 Å². The zero-order chi connectivity index (χ0) is 19.7. The zero-order valence-electron chi connectivity index (χ0n) is 14.6. The molecule has 0 aliphatic rings.